The van der Waals surface area contributed by atoms with E-state index in [9.17, 15) is 0 Å². The van der Waals surface area contributed by atoms with Crippen LogP contribution in [0.15, 0.2) is 0 Å². The summed E-state index contributed by atoms with van der Waals surface area (Å²) in [5.41, 5.74) is 7.11. The van der Waals surface area contributed by atoms with Crippen LogP contribution in [-0.2, 0) is 0 Å². The van der Waals surface area contributed by atoms with Gasteiger partial charge in [-0.1, -0.05) is 19.8 Å². The zero-order chi connectivity index (χ0) is 7.95. The van der Waals surface area contributed by atoms with E-state index >= 15 is 0 Å². The van der Waals surface area contributed by atoms with E-state index in [0.29, 0.717) is 10.8 Å². The van der Waals surface area contributed by atoms with Crippen molar-refractivity contribution in [2.75, 3.05) is 6.54 Å². The van der Waals surface area contributed by atoms with E-state index in [1.807, 2.05) is 0 Å². The van der Waals surface area contributed by atoms with E-state index < -0.39 is 0 Å². The Kier molecular flexibility index (Phi) is 1.54. The molecule has 0 spiro atoms. The summed E-state index contributed by atoms with van der Waals surface area (Å²) in [4.78, 5) is 0. The van der Waals surface area contributed by atoms with Crippen LogP contribution in [0.2, 0.25) is 0 Å². The molecule has 0 amide bonds. The molecule has 0 aromatic carbocycles. The summed E-state index contributed by atoms with van der Waals surface area (Å²) in [6.07, 6.45) is 8.52. The molecular formula is C10H19N. The van der Waals surface area contributed by atoms with Crippen LogP contribution in [0.1, 0.15) is 45.4 Å². The molecule has 0 aliphatic heterocycles. The molecule has 2 rings (SSSR count). The molecule has 2 saturated carbocycles. The molecule has 2 aliphatic carbocycles. The second-order valence-electron chi connectivity index (χ2n) is 4.75. The van der Waals surface area contributed by atoms with E-state index in [1.54, 1.807) is 0 Å². The van der Waals surface area contributed by atoms with Gasteiger partial charge in [0, 0.05) is 0 Å². The highest BCUT2D eigenvalue weighted by Gasteiger charge is 2.55. The summed E-state index contributed by atoms with van der Waals surface area (Å²) >= 11 is 0. The first kappa shape index (κ1) is 7.60. The minimum Gasteiger partial charge on any atom is -0.330 e. The highest BCUT2D eigenvalue weighted by molar-refractivity contribution is 5.06. The summed E-state index contributed by atoms with van der Waals surface area (Å²) in [6, 6.07) is 0. The van der Waals surface area contributed by atoms with Gasteiger partial charge in [-0.3, -0.25) is 0 Å². The summed E-state index contributed by atoms with van der Waals surface area (Å²) in [5.74, 6) is 0. The third-order valence-corrected chi connectivity index (χ3v) is 4.23. The lowest BCUT2D eigenvalue weighted by Crippen LogP contribution is -2.35. The van der Waals surface area contributed by atoms with Crippen LogP contribution in [-0.4, -0.2) is 6.54 Å². The van der Waals surface area contributed by atoms with Crippen LogP contribution in [0.5, 0.6) is 0 Å². The van der Waals surface area contributed by atoms with Crippen molar-refractivity contribution in [2.24, 2.45) is 16.6 Å². The maximum Gasteiger partial charge on any atom is -0.00153 e. The van der Waals surface area contributed by atoms with Crippen LogP contribution in [0.4, 0.5) is 0 Å². The number of hydrogen-bond acceptors (Lipinski definition) is 1. The molecule has 0 bridgehead atoms. The fraction of sp³-hybridized carbons (Fsp3) is 1.00. The smallest absolute Gasteiger partial charge is 0.00153 e. The maximum atomic E-state index is 5.89. The van der Waals surface area contributed by atoms with Crippen molar-refractivity contribution in [3.63, 3.8) is 0 Å². The van der Waals surface area contributed by atoms with Gasteiger partial charge in [0.15, 0.2) is 0 Å². The molecule has 1 nitrogen and oxygen atoms in total. The van der Waals surface area contributed by atoms with Gasteiger partial charge < -0.3 is 5.73 Å². The van der Waals surface area contributed by atoms with E-state index in [-0.39, 0.29) is 0 Å². The number of rotatable bonds is 2. The molecule has 2 N–H and O–H groups in total. The standard InChI is InChI=1S/C10H19N/c1-9(6-7-9)10(8-11)4-2-3-5-10/h2-8,11H2,1H3. The molecule has 0 unspecified atom stereocenters. The molecule has 2 fully saturated rings. The second-order valence-corrected chi connectivity index (χ2v) is 4.75. The molecular weight excluding hydrogens is 134 g/mol. The lowest BCUT2D eigenvalue weighted by atomic mass is 9.72. The van der Waals surface area contributed by atoms with Crippen molar-refractivity contribution in [1.29, 1.82) is 0 Å². The van der Waals surface area contributed by atoms with Gasteiger partial charge >= 0.3 is 0 Å². The lowest BCUT2D eigenvalue weighted by molar-refractivity contribution is 0.169. The maximum absolute atomic E-state index is 5.89. The number of hydrogen-bond donors (Lipinski definition) is 1. The van der Waals surface area contributed by atoms with Gasteiger partial charge in [-0.15, -0.1) is 0 Å². The molecule has 0 radical (unpaired) electrons. The van der Waals surface area contributed by atoms with Gasteiger partial charge in [-0.05, 0) is 43.1 Å². The molecule has 64 valence electrons. The molecule has 1 heteroatoms. The van der Waals surface area contributed by atoms with Gasteiger partial charge in [0.25, 0.3) is 0 Å². The monoisotopic (exact) mass is 153 g/mol. The van der Waals surface area contributed by atoms with E-state index in [1.165, 1.54) is 38.5 Å². The zero-order valence-corrected chi connectivity index (χ0v) is 7.53. The van der Waals surface area contributed by atoms with E-state index in [4.69, 9.17) is 5.73 Å². The van der Waals surface area contributed by atoms with Gasteiger partial charge in [-0.2, -0.15) is 0 Å². The predicted octanol–water partition coefficient (Wildman–Crippen LogP) is 2.31. The Bertz CT molecular complexity index is 152. The lowest BCUT2D eigenvalue weighted by Gasteiger charge is -2.34. The van der Waals surface area contributed by atoms with Crippen LogP contribution < -0.4 is 5.73 Å². The second kappa shape index (κ2) is 2.22. The fourth-order valence-corrected chi connectivity index (χ4v) is 2.82. The summed E-state index contributed by atoms with van der Waals surface area (Å²) in [6.45, 7) is 3.37. The summed E-state index contributed by atoms with van der Waals surface area (Å²) in [5, 5.41) is 0. The number of nitrogens with two attached hydrogens (primary N) is 1. The Morgan fingerprint density at radius 1 is 1.09 bits per heavy atom. The average Bonchev–Trinajstić information content (AvgIpc) is 2.62. The first-order chi connectivity index (χ1) is 5.22. The molecule has 0 heterocycles. The normalized spacial score (nSPS) is 32.2. The molecule has 0 atom stereocenters. The Morgan fingerprint density at radius 3 is 2.00 bits per heavy atom. The molecule has 0 saturated heterocycles. The van der Waals surface area contributed by atoms with E-state index in [0.717, 1.165) is 6.54 Å². The van der Waals surface area contributed by atoms with Crippen LogP contribution in [0, 0.1) is 10.8 Å². The quantitative estimate of drug-likeness (QED) is 0.647. The Hall–Kier alpha value is -0.0400. The van der Waals surface area contributed by atoms with Gasteiger partial charge in [0.05, 0.1) is 0 Å². The minimum atomic E-state index is 0.562. The first-order valence-corrected chi connectivity index (χ1v) is 4.93. The van der Waals surface area contributed by atoms with Gasteiger partial charge in [0.1, 0.15) is 0 Å². The molecule has 0 aromatic heterocycles. The topological polar surface area (TPSA) is 26.0 Å². The predicted molar refractivity (Wildman–Crippen MR) is 47.3 cm³/mol. The van der Waals surface area contributed by atoms with E-state index in [2.05, 4.69) is 6.92 Å². The van der Waals surface area contributed by atoms with Crippen LogP contribution >= 0.6 is 0 Å². The van der Waals surface area contributed by atoms with Crippen molar-refractivity contribution >= 4 is 0 Å². The molecule has 0 aromatic rings. The fourth-order valence-electron chi connectivity index (χ4n) is 2.82. The van der Waals surface area contributed by atoms with Gasteiger partial charge in [-0.25, -0.2) is 0 Å². The van der Waals surface area contributed by atoms with Crippen molar-refractivity contribution < 1.29 is 0 Å². The third kappa shape index (κ3) is 0.936. The molecule has 2 aliphatic rings. The van der Waals surface area contributed by atoms with Crippen LogP contribution in [0.25, 0.3) is 0 Å². The highest BCUT2D eigenvalue weighted by Crippen LogP contribution is 2.63. The Morgan fingerprint density at radius 2 is 1.64 bits per heavy atom. The van der Waals surface area contributed by atoms with Crippen molar-refractivity contribution in [2.45, 2.75) is 45.4 Å². The van der Waals surface area contributed by atoms with Gasteiger partial charge in [0.2, 0.25) is 0 Å². The average molecular weight is 153 g/mol. The third-order valence-electron chi connectivity index (χ3n) is 4.23. The van der Waals surface area contributed by atoms with Crippen molar-refractivity contribution in [3.05, 3.63) is 0 Å². The Labute approximate surface area is 69.4 Å². The van der Waals surface area contributed by atoms with Crippen molar-refractivity contribution in [3.8, 4) is 0 Å². The largest absolute Gasteiger partial charge is 0.330 e. The summed E-state index contributed by atoms with van der Waals surface area (Å²) in [7, 11) is 0. The Balaban J connectivity index is 2.15. The van der Waals surface area contributed by atoms with Crippen LogP contribution in [0.3, 0.4) is 0 Å². The van der Waals surface area contributed by atoms with Crippen molar-refractivity contribution in [1.82, 2.24) is 0 Å². The zero-order valence-electron chi connectivity index (χ0n) is 7.53. The minimum absolute atomic E-state index is 0.562. The summed E-state index contributed by atoms with van der Waals surface area (Å²) < 4.78 is 0. The first-order valence-electron chi connectivity index (χ1n) is 4.93. The SMILES string of the molecule is CC1(C2(CN)CCCC2)CC1. The highest BCUT2D eigenvalue weighted by atomic mass is 14.7. The molecule has 11 heavy (non-hydrogen) atoms.